The van der Waals surface area contributed by atoms with E-state index in [2.05, 4.69) is 34.8 Å². The Bertz CT molecular complexity index is 758. The van der Waals surface area contributed by atoms with E-state index < -0.39 is 6.04 Å². The van der Waals surface area contributed by atoms with Crippen LogP contribution in [0.5, 0.6) is 0 Å². The average molecular weight is 300 g/mol. The number of ketones is 1. The van der Waals surface area contributed by atoms with Gasteiger partial charge in [-0.15, -0.1) is 0 Å². The Morgan fingerprint density at radius 2 is 2.09 bits per heavy atom. The van der Waals surface area contributed by atoms with Crippen LogP contribution in [0.1, 0.15) is 38.5 Å². The van der Waals surface area contributed by atoms with Crippen LogP contribution in [0, 0.1) is 5.41 Å². The first-order chi connectivity index (χ1) is 10.5. The van der Waals surface area contributed by atoms with E-state index in [-0.39, 0.29) is 11.2 Å². The summed E-state index contributed by atoms with van der Waals surface area (Å²) in [5.41, 5.74) is 1.44. The van der Waals surface area contributed by atoms with Gasteiger partial charge in [0.25, 0.3) is 0 Å². The molecule has 0 amide bonds. The van der Waals surface area contributed by atoms with Gasteiger partial charge in [0.1, 0.15) is 11.8 Å². The van der Waals surface area contributed by atoms with E-state index in [4.69, 9.17) is 9.05 Å². The Hall–Kier alpha value is -2.57. The quantitative estimate of drug-likeness (QED) is 0.836. The van der Waals surface area contributed by atoms with Crippen LogP contribution < -0.4 is 10.6 Å². The Balaban J connectivity index is 1.87. The van der Waals surface area contributed by atoms with E-state index >= 15 is 0 Å². The predicted octanol–water partition coefficient (Wildman–Crippen LogP) is 2.88. The number of hydrogen-bond acceptors (Lipinski definition) is 7. The van der Waals surface area contributed by atoms with E-state index in [0.29, 0.717) is 29.4 Å². The SMILES string of the molecule is CC1(C)CC(=O)C2=C(C1)Nc1nonc1NC2c1ccco1. The second-order valence-corrected chi connectivity index (χ2v) is 6.51. The summed E-state index contributed by atoms with van der Waals surface area (Å²) in [6, 6.07) is 3.25. The Kier molecular flexibility index (Phi) is 2.66. The molecule has 3 heterocycles. The number of hydrogen-bond donors (Lipinski definition) is 2. The number of anilines is 2. The second kappa shape index (κ2) is 4.46. The van der Waals surface area contributed by atoms with E-state index in [1.807, 2.05) is 6.07 Å². The molecule has 0 aromatic carbocycles. The highest BCUT2D eigenvalue weighted by Gasteiger charge is 2.40. The number of furan rings is 1. The third-order valence-corrected chi connectivity index (χ3v) is 4.08. The molecule has 4 rings (SSSR count). The summed E-state index contributed by atoms with van der Waals surface area (Å²) < 4.78 is 10.3. The number of carbonyl (C=O) groups is 1. The molecule has 1 atom stereocenters. The molecular formula is C15H16N4O3. The Labute approximate surface area is 126 Å². The number of rotatable bonds is 1. The molecular weight excluding hydrogens is 284 g/mol. The van der Waals surface area contributed by atoms with Crippen molar-refractivity contribution < 1.29 is 13.8 Å². The van der Waals surface area contributed by atoms with Gasteiger partial charge in [-0.3, -0.25) is 4.79 Å². The minimum atomic E-state index is -0.394. The maximum absolute atomic E-state index is 12.7. The maximum atomic E-state index is 12.7. The first-order valence-electron chi connectivity index (χ1n) is 7.19. The number of nitrogens with one attached hydrogen (secondary N) is 2. The third kappa shape index (κ3) is 2.01. The lowest BCUT2D eigenvalue weighted by molar-refractivity contribution is -0.118. The molecule has 0 bridgehead atoms. The molecule has 0 fully saturated rings. The van der Waals surface area contributed by atoms with E-state index in [1.165, 1.54) is 0 Å². The topological polar surface area (TPSA) is 93.2 Å². The van der Waals surface area contributed by atoms with Crippen molar-refractivity contribution in [1.29, 1.82) is 0 Å². The van der Waals surface area contributed by atoms with Gasteiger partial charge in [-0.05, 0) is 34.3 Å². The fourth-order valence-corrected chi connectivity index (χ4v) is 3.17. The molecule has 1 unspecified atom stereocenters. The highest BCUT2D eigenvalue weighted by atomic mass is 16.6. The average Bonchev–Trinajstić information content (AvgIpc) is 3.06. The lowest BCUT2D eigenvalue weighted by Gasteiger charge is -2.33. The van der Waals surface area contributed by atoms with Crippen LogP contribution in [0.3, 0.4) is 0 Å². The lowest BCUT2D eigenvalue weighted by atomic mass is 9.74. The van der Waals surface area contributed by atoms with Gasteiger partial charge in [0.15, 0.2) is 5.78 Å². The Morgan fingerprint density at radius 3 is 2.86 bits per heavy atom. The molecule has 114 valence electrons. The predicted molar refractivity (Wildman–Crippen MR) is 78.0 cm³/mol. The lowest BCUT2D eigenvalue weighted by Crippen LogP contribution is -2.31. The van der Waals surface area contributed by atoms with Gasteiger partial charge >= 0.3 is 0 Å². The number of nitrogens with zero attached hydrogens (tertiary/aromatic N) is 2. The van der Waals surface area contributed by atoms with Crippen LogP contribution in [0.25, 0.3) is 0 Å². The van der Waals surface area contributed by atoms with Gasteiger partial charge < -0.3 is 15.1 Å². The number of aromatic nitrogens is 2. The van der Waals surface area contributed by atoms with Gasteiger partial charge in [-0.1, -0.05) is 13.8 Å². The summed E-state index contributed by atoms with van der Waals surface area (Å²) in [6.07, 6.45) is 2.84. The largest absolute Gasteiger partial charge is 0.467 e. The van der Waals surface area contributed by atoms with Crippen molar-refractivity contribution >= 4 is 17.4 Å². The van der Waals surface area contributed by atoms with Gasteiger partial charge in [0.2, 0.25) is 11.6 Å². The molecule has 0 radical (unpaired) electrons. The van der Waals surface area contributed by atoms with E-state index in [0.717, 1.165) is 12.1 Å². The molecule has 7 heteroatoms. The van der Waals surface area contributed by atoms with Gasteiger partial charge in [-0.2, -0.15) is 0 Å². The van der Waals surface area contributed by atoms with Gasteiger partial charge in [-0.25, -0.2) is 4.63 Å². The minimum Gasteiger partial charge on any atom is -0.467 e. The zero-order chi connectivity index (χ0) is 15.3. The fraction of sp³-hybridized carbons (Fsp3) is 0.400. The number of carbonyl (C=O) groups excluding carboxylic acids is 1. The molecule has 7 nitrogen and oxygen atoms in total. The van der Waals surface area contributed by atoms with Crippen molar-refractivity contribution in [2.75, 3.05) is 10.6 Å². The zero-order valence-corrected chi connectivity index (χ0v) is 12.3. The highest BCUT2D eigenvalue weighted by Crippen LogP contribution is 2.44. The van der Waals surface area contributed by atoms with Crippen LogP contribution >= 0.6 is 0 Å². The zero-order valence-electron chi connectivity index (χ0n) is 12.3. The first kappa shape index (κ1) is 13.1. The number of allylic oxidation sites excluding steroid dienone is 1. The fourth-order valence-electron chi connectivity index (χ4n) is 3.17. The molecule has 2 aromatic rings. The standard InChI is InChI=1S/C15H16N4O3/c1-15(2)6-8-11(9(20)7-15)12(10-4-3-5-21-10)17-14-13(16-8)18-22-19-14/h3-5,12H,6-7H2,1-2H3,(H,16,18)(H,17,19). The maximum Gasteiger partial charge on any atom is 0.219 e. The molecule has 1 aliphatic heterocycles. The summed E-state index contributed by atoms with van der Waals surface area (Å²) in [7, 11) is 0. The second-order valence-electron chi connectivity index (χ2n) is 6.51. The molecule has 2 aromatic heterocycles. The van der Waals surface area contributed by atoms with Crippen LogP contribution in [-0.4, -0.2) is 16.1 Å². The Morgan fingerprint density at radius 1 is 1.27 bits per heavy atom. The smallest absolute Gasteiger partial charge is 0.219 e. The summed E-state index contributed by atoms with van der Waals surface area (Å²) in [6.45, 7) is 4.16. The van der Waals surface area contributed by atoms with Crippen molar-refractivity contribution in [1.82, 2.24) is 10.3 Å². The molecule has 0 saturated carbocycles. The third-order valence-electron chi connectivity index (χ3n) is 4.08. The van der Waals surface area contributed by atoms with Crippen LogP contribution in [0.4, 0.5) is 11.6 Å². The molecule has 0 spiro atoms. The van der Waals surface area contributed by atoms with Gasteiger partial charge in [0, 0.05) is 17.7 Å². The van der Waals surface area contributed by atoms with Crippen molar-refractivity contribution in [3.8, 4) is 0 Å². The molecule has 22 heavy (non-hydrogen) atoms. The summed E-state index contributed by atoms with van der Waals surface area (Å²) in [5, 5.41) is 14.1. The molecule has 2 aliphatic rings. The summed E-state index contributed by atoms with van der Waals surface area (Å²) in [4.78, 5) is 12.7. The summed E-state index contributed by atoms with van der Waals surface area (Å²) in [5.74, 6) is 1.74. The van der Waals surface area contributed by atoms with Crippen LogP contribution in [0.2, 0.25) is 0 Å². The molecule has 2 N–H and O–H groups in total. The first-order valence-corrected chi connectivity index (χ1v) is 7.19. The van der Waals surface area contributed by atoms with E-state index in [1.54, 1.807) is 12.3 Å². The number of fused-ring (bicyclic) bond motifs is 1. The highest BCUT2D eigenvalue weighted by molar-refractivity contribution is 6.00. The van der Waals surface area contributed by atoms with Crippen LogP contribution in [-0.2, 0) is 4.79 Å². The van der Waals surface area contributed by atoms with E-state index in [9.17, 15) is 4.79 Å². The number of Topliss-reactive ketones (excluding diaryl/α,β-unsaturated/α-hetero) is 1. The normalized spacial score (nSPS) is 23.2. The van der Waals surface area contributed by atoms with Crippen molar-refractivity contribution in [3.63, 3.8) is 0 Å². The summed E-state index contributed by atoms with van der Waals surface area (Å²) >= 11 is 0. The minimum absolute atomic E-state index is 0.0989. The molecule has 1 aliphatic carbocycles. The van der Waals surface area contributed by atoms with Crippen LogP contribution in [0.15, 0.2) is 38.7 Å². The van der Waals surface area contributed by atoms with Crippen molar-refractivity contribution in [2.24, 2.45) is 5.41 Å². The van der Waals surface area contributed by atoms with Gasteiger partial charge in [0.05, 0.1) is 6.26 Å². The monoisotopic (exact) mass is 300 g/mol. The molecule has 0 saturated heterocycles. The van der Waals surface area contributed by atoms with Crippen molar-refractivity contribution in [3.05, 3.63) is 35.4 Å². The van der Waals surface area contributed by atoms with Crippen molar-refractivity contribution in [2.45, 2.75) is 32.7 Å².